The highest BCUT2D eigenvalue weighted by atomic mass is 32.1. The number of aromatic nitrogens is 1. The Labute approximate surface area is 230 Å². The lowest BCUT2D eigenvalue weighted by molar-refractivity contribution is -0.123. The van der Waals surface area contributed by atoms with Crippen LogP contribution >= 0.6 is 11.3 Å². The lowest BCUT2D eigenvalue weighted by atomic mass is 9.96. The van der Waals surface area contributed by atoms with Crippen LogP contribution in [-0.4, -0.2) is 66.6 Å². The zero-order valence-corrected chi connectivity index (χ0v) is 23.4. The van der Waals surface area contributed by atoms with E-state index in [2.05, 4.69) is 10.2 Å². The zero-order chi connectivity index (χ0) is 28.3. The zero-order valence-electron chi connectivity index (χ0n) is 22.6. The summed E-state index contributed by atoms with van der Waals surface area (Å²) in [6.07, 6.45) is -0.505. The maximum Gasteiger partial charge on any atom is 0.348 e. The van der Waals surface area contributed by atoms with Crippen molar-refractivity contribution in [2.24, 2.45) is 0 Å². The molecule has 39 heavy (non-hydrogen) atoms. The van der Waals surface area contributed by atoms with E-state index in [1.807, 2.05) is 31.3 Å². The second kappa shape index (κ2) is 11.9. The van der Waals surface area contributed by atoms with Crippen LogP contribution in [0.25, 0.3) is 10.9 Å². The van der Waals surface area contributed by atoms with Gasteiger partial charge in [0.1, 0.15) is 9.88 Å². The Morgan fingerprint density at radius 2 is 1.74 bits per heavy atom. The largest absolute Gasteiger partial charge is 0.462 e. The summed E-state index contributed by atoms with van der Waals surface area (Å²) in [5.74, 6) is -2.58. The molecular formula is C28H31N3O7S. The average molecular weight is 554 g/mol. The summed E-state index contributed by atoms with van der Waals surface area (Å²) in [6, 6.07) is 7.34. The Bertz CT molecular complexity index is 1450. The van der Waals surface area contributed by atoms with E-state index in [1.165, 1.54) is 6.92 Å². The smallest absolute Gasteiger partial charge is 0.348 e. The Morgan fingerprint density at radius 3 is 2.46 bits per heavy atom. The van der Waals surface area contributed by atoms with Crippen LogP contribution in [0.3, 0.4) is 0 Å². The summed E-state index contributed by atoms with van der Waals surface area (Å²) in [5.41, 5.74) is 3.12. The number of thiophene rings is 1. The summed E-state index contributed by atoms with van der Waals surface area (Å²) in [5, 5.41) is 3.42. The number of esters is 3. The minimum Gasteiger partial charge on any atom is -0.462 e. The van der Waals surface area contributed by atoms with Crippen molar-refractivity contribution in [2.75, 3.05) is 32.1 Å². The second-order valence-electron chi connectivity index (χ2n) is 9.16. The molecule has 206 valence electrons. The Kier molecular flexibility index (Phi) is 8.61. The van der Waals surface area contributed by atoms with Gasteiger partial charge in [-0.2, -0.15) is 0 Å². The van der Waals surface area contributed by atoms with Crippen LogP contribution in [0, 0.1) is 6.92 Å². The molecule has 1 aliphatic rings. The minimum atomic E-state index is -1.20. The van der Waals surface area contributed by atoms with Crippen LogP contribution in [0.5, 0.6) is 0 Å². The van der Waals surface area contributed by atoms with Crippen LogP contribution in [0.15, 0.2) is 24.3 Å². The summed E-state index contributed by atoms with van der Waals surface area (Å²) in [6.45, 7) is 7.99. The number of fused-ring (bicyclic) bond motifs is 2. The number of amides is 1. The highest BCUT2D eigenvalue weighted by molar-refractivity contribution is 7.18. The molecule has 4 rings (SSSR count). The van der Waals surface area contributed by atoms with Gasteiger partial charge in [0, 0.05) is 36.2 Å². The fourth-order valence-electron chi connectivity index (χ4n) is 4.49. The molecule has 0 spiro atoms. The molecule has 0 radical (unpaired) electrons. The summed E-state index contributed by atoms with van der Waals surface area (Å²) >= 11 is 0.908. The first-order valence-corrected chi connectivity index (χ1v) is 13.6. The molecule has 0 bridgehead atoms. The van der Waals surface area contributed by atoms with Crippen molar-refractivity contribution in [3.05, 3.63) is 57.1 Å². The number of ether oxygens (including phenoxy) is 3. The molecule has 1 N–H and O–H groups in total. The maximum absolute atomic E-state index is 13.5. The van der Waals surface area contributed by atoms with Gasteiger partial charge in [-0.15, -0.1) is 11.3 Å². The second-order valence-corrected chi connectivity index (χ2v) is 10.2. The molecule has 11 heteroatoms. The summed E-state index contributed by atoms with van der Waals surface area (Å²) in [7, 11) is 1.97. The number of nitrogens with zero attached hydrogens (tertiary/aromatic N) is 2. The number of nitrogens with one attached hydrogen (secondary N) is 1. The standard InChI is InChI=1S/C28H31N3O7S/c1-6-36-26(33)21-15(3)23(28(35)37-7-2)39-25(21)30-24(32)16(4)38-27(34)22-17-10-8-9-11-19(17)29-20-12-13-31(5)14-18(20)22/h8-11,16H,6-7,12-14H2,1-5H3,(H,30,32). The molecule has 1 atom stereocenters. The quantitative estimate of drug-likeness (QED) is 0.324. The lowest BCUT2D eigenvalue weighted by Crippen LogP contribution is -2.32. The fourth-order valence-corrected chi connectivity index (χ4v) is 5.58. The van der Waals surface area contributed by atoms with Gasteiger partial charge in [0.15, 0.2) is 6.10 Å². The van der Waals surface area contributed by atoms with Gasteiger partial charge in [0.05, 0.1) is 29.9 Å². The number of hydrogen-bond donors (Lipinski definition) is 1. The van der Waals surface area contributed by atoms with E-state index in [0.717, 1.165) is 29.1 Å². The van der Waals surface area contributed by atoms with E-state index in [9.17, 15) is 19.2 Å². The van der Waals surface area contributed by atoms with Gasteiger partial charge >= 0.3 is 17.9 Å². The van der Waals surface area contributed by atoms with Gasteiger partial charge in [-0.05, 0) is 46.4 Å². The minimum absolute atomic E-state index is 0.0639. The molecular weight excluding hydrogens is 522 g/mol. The van der Waals surface area contributed by atoms with E-state index in [1.54, 1.807) is 20.8 Å². The number of anilines is 1. The van der Waals surface area contributed by atoms with Crippen molar-refractivity contribution in [3.63, 3.8) is 0 Å². The molecule has 0 aliphatic carbocycles. The Balaban J connectivity index is 1.61. The highest BCUT2D eigenvalue weighted by Crippen LogP contribution is 2.35. The van der Waals surface area contributed by atoms with Crippen LogP contribution in [0.2, 0.25) is 0 Å². The van der Waals surface area contributed by atoms with Crippen molar-refractivity contribution in [2.45, 2.75) is 46.8 Å². The molecule has 1 aromatic carbocycles. The predicted molar refractivity (Wildman–Crippen MR) is 146 cm³/mol. The number of pyridine rings is 1. The fraction of sp³-hybridized carbons (Fsp3) is 0.393. The van der Waals surface area contributed by atoms with Crippen molar-refractivity contribution in [1.29, 1.82) is 0 Å². The van der Waals surface area contributed by atoms with Gasteiger partial charge in [-0.25, -0.2) is 14.4 Å². The number of carbonyl (C=O) groups is 4. The maximum atomic E-state index is 13.5. The van der Waals surface area contributed by atoms with Crippen molar-refractivity contribution >= 4 is 51.1 Å². The van der Waals surface area contributed by atoms with Gasteiger partial charge in [0.2, 0.25) is 0 Å². The number of benzene rings is 1. The number of carbonyl (C=O) groups excluding carboxylic acids is 4. The van der Waals surface area contributed by atoms with E-state index < -0.39 is 29.9 Å². The van der Waals surface area contributed by atoms with Gasteiger partial charge in [-0.3, -0.25) is 9.78 Å². The molecule has 1 unspecified atom stereocenters. The monoisotopic (exact) mass is 553 g/mol. The molecule has 3 heterocycles. The Morgan fingerprint density at radius 1 is 1.05 bits per heavy atom. The summed E-state index contributed by atoms with van der Waals surface area (Å²) in [4.78, 5) is 58.8. The van der Waals surface area contributed by atoms with Gasteiger partial charge in [0.25, 0.3) is 5.91 Å². The first kappa shape index (κ1) is 28.2. The van der Waals surface area contributed by atoms with E-state index in [0.29, 0.717) is 35.0 Å². The number of hydrogen-bond acceptors (Lipinski definition) is 10. The third-order valence-corrected chi connectivity index (χ3v) is 7.61. The SMILES string of the molecule is CCOC(=O)c1sc(NC(=O)C(C)OC(=O)c2c3c(nc4ccccc24)CCN(C)C3)c(C(=O)OCC)c1C. The van der Waals surface area contributed by atoms with E-state index in [4.69, 9.17) is 19.2 Å². The first-order valence-electron chi connectivity index (χ1n) is 12.7. The molecule has 0 saturated heterocycles. The van der Waals surface area contributed by atoms with Gasteiger partial charge in [-0.1, -0.05) is 18.2 Å². The average Bonchev–Trinajstić information content (AvgIpc) is 3.22. The van der Waals surface area contributed by atoms with Crippen molar-refractivity contribution in [1.82, 2.24) is 9.88 Å². The van der Waals surface area contributed by atoms with E-state index in [-0.39, 0.29) is 28.7 Å². The Hall–Kier alpha value is -3.83. The van der Waals surface area contributed by atoms with Crippen molar-refractivity contribution < 1.29 is 33.4 Å². The molecule has 0 saturated carbocycles. The molecule has 2 aromatic heterocycles. The molecule has 0 fully saturated rings. The van der Waals surface area contributed by atoms with Gasteiger partial charge < -0.3 is 24.4 Å². The normalized spacial score (nSPS) is 13.9. The molecule has 3 aromatic rings. The predicted octanol–water partition coefficient (Wildman–Crippen LogP) is 4.13. The first-order chi connectivity index (χ1) is 18.7. The molecule has 1 amide bonds. The highest BCUT2D eigenvalue weighted by Gasteiger charge is 2.31. The van der Waals surface area contributed by atoms with Crippen LogP contribution in [0.4, 0.5) is 5.00 Å². The van der Waals surface area contributed by atoms with Crippen molar-refractivity contribution in [3.8, 4) is 0 Å². The topological polar surface area (TPSA) is 124 Å². The van der Waals surface area contributed by atoms with E-state index >= 15 is 0 Å². The third-order valence-electron chi connectivity index (χ3n) is 6.42. The van der Waals surface area contributed by atoms with Crippen LogP contribution in [-0.2, 0) is 32.0 Å². The summed E-state index contributed by atoms with van der Waals surface area (Å²) < 4.78 is 15.9. The van der Waals surface area contributed by atoms with Crippen LogP contribution < -0.4 is 5.32 Å². The van der Waals surface area contributed by atoms with Crippen LogP contribution in [0.1, 0.15) is 68.0 Å². The third kappa shape index (κ3) is 5.79. The lowest BCUT2D eigenvalue weighted by Gasteiger charge is -2.27. The number of rotatable bonds is 8. The molecule has 10 nitrogen and oxygen atoms in total. The molecule has 1 aliphatic heterocycles. The number of likely N-dealkylation sites (N-methyl/N-ethyl adjacent to an activating group) is 1. The number of para-hydroxylation sites is 1.